The second-order valence-corrected chi connectivity index (χ2v) is 7.00. The lowest BCUT2D eigenvalue weighted by atomic mass is 9.96. The van der Waals surface area contributed by atoms with Gasteiger partial charge < -0.3 is 19.9 Å². The highest BCUT2D eigenvalue weighted by Crippen LogP contribution is 2.32. The van der Waals surface area contributed by atoms with E-state index in [9.17, 15) is 4.79 Å². The van der Waals surface area contributed by atoms with Crippen molar-refractivity contribution in [1.29, 1.82) is 0 Å². The highest BCUT2D eigenvalue weighted by molar-refractivity contribution is 6.04. The van der Waals surface area contributed by atoms with Gasteiger partial charge in [0, 0.05) is 36.9 Å². The summed E-state index contributed by atoms with van der Waals surface area (Å²) in [6.07, 6.45) is 9.81. The van der Waals surface area contributed by atoms with Crippen LogP contribution in [0.15, 0.2) is 29.0 Å². The number of rotatable bonds is 5. The molecule has 26 heavy (non-hydrogen) atoms. The van der Waals surface area contributed by atoms with Crippen molar-refractivity contribution in [3.05, 3.63) is 35.9 Å². The highest BCUT2D eigenvalue weighted by atomic mass is 16.5. The zero-order valence-corrected chi connectivity index (χ0v) is 14.7. The molecule has 0 spiro atoms. The summed E-state index contributed by atoms with van der Waals surface area (Å²) in [7, 11) is 0. The fourth-order valence-corrected chi connectivity index (χ4v) is 3.72. The molecule has 0 atom stereocenters. The Hall–Kier alpha value is -2.41. The number of nitrogens with one attached hydrogen (secondary N) is 2. The van der Waals surface area contributed by atoms with E-state index < -0.39 is 0 Å². The molecule has 2 aromatic rings. The van der Waals surface area contributed by atoms with Crippen LogP contribution in [0, 0.1) is 0 Å². The van der Waals surface area contributed by atoms with Gasteiger partial charge in [-0.2, -0.15) is 0 Å². The molecule has 1 amide bonds. The molecular formula is C19H24N4O3. The van der Waals surface area contributed by atoms with Crippen LogP contribution in [0.4, 0.5) is 11.5 Å². The first-order valence-corrected chi connectivity index (χ1v) is 9.36. The van der Waals surface area contributed by atoms with E-state index in [4.69, 9.17) is 9.26 Å². The van der Waals surface area contributed by atoms with Crippen LogP contribution in [-0.4, -0.2) is 35.3 Å². The maximum atomic E-state index is 12.7. The number of carbonyl (C=O) groups is 1. The molecule has 1 aliphatic heterocycles. The molecule has 2 aliphatic rings. The average Bonchev–Trinajstić information content (AvgIpc) is 3.35. The maximum absolute atomic E-state index is 12.7. The molecule has 3 heterocycles. The van der Waals surface area contributed by atoms with Crippen LogP contribution in [0.25, 0.3) is 0 Å². The second-order valence-electron chi connectivity index (χ2n) is 7.00. The predicted molar refractivity (Wildman–Crippen MR) is 97.4 cm³/mol. The topological polar surface area (TPSA) is 89.3 Å². The van der Waals surface area contributed by atoms with E-state index in [0.29, 0.717) is 30.5 Å². The molecule has 1 aliphatic carbocycles. The Bertz CT molecular complexity index is 749. The van der Waals surface area contributed by atoms with E-state index in [1.54, 1.807) is 24.5 Å². The van der Waals surface area contributed by atoms with Crippen molar-refractivity contribution in [2.24, 2.45) is 0 Å². The van der Waals surface area contributed by atoms with Crippen molar-refractivity contribution >= 4 is 17.4 Å². The lowest BCUT2D eigenvalue weighted by molar-refractivity contribution is 0.0792. The molecule has 2 aromatic heterocycles. The first-order valence-electron chi connectivity index (χ1n) is 9.36. The van der Waals surface area contributed by atoms with Crippen LogP contribution >= 0.6 is 0 Å². The van der Waals surface area contributed by atoms with Gasteiger partial charge in [-0.3, -0.25) is 4.79 Å². The van der Waals surface area contributed by atoms with Gasteiger partial charge in [-0.15, -0.1) is 0 Å². The smallest absolute Gasteiger partial charge is 0.255 e. The van der Waals surface area contributed by atoms with Crippen LogP contribution < -0.4 is 10.6 Å². The van der Waals surface area contributed by atoms with E-state index in [0.717, 1.165) is 37.3 Å². The summed E-state index contributed by atoms with van der Waals surface area (Å²) in [5.74, 6) is 1.54. The van der Waals surface area contributed by atoms with Gasteiger partial charge in [-0.05, 0) is 37.8 Å². The van der Waals surface area contributed by atoms with Gasteiger partial charge in [-0.25, -0.2) is 4.98 Å². The lowest BCUT2D eigenvalue weighted by Gasteiger charge is -2.20. The number of pyridine rings is 1. The predicted octanol–water partition coefficient (Wildman–Crippen LogP) is 3.57. The summed E-state index contributed by atoms with van der Waals surface area (Å²) in [6, 6.07) is 3.98. The Labute approximate surface area is 152 Å². The third-order valence-corrected chi connectivity index (χ3v) is 5.17. The number of hydrogen-bond donors (Lipinski definition) is 2. The second kappa shape index (κ2) is 7.86. The van der Waals surface area contributed by atoms with E-state index in [2.05, 4.69) is 20.8 Å². The zero-order valence-electron chi connectivity index (χ0n) is 14.7. The number of hydrogen-bond acceptors (Lipinski definition) is 6. The Morgan fingerprint density at radius 3 is 2.77 bits per heavy atom. The van der Waals surface area contributed by atoms with E-state index in [-0.39, 0.29) is 11.8 Å². The van der Waals surface area contributed by atoms with Gasteiger partial charge in [0.25, 0.3) is 5.91 Å². The molecule has 1 saturated carbocycles. The third kappa shape index (κ3) is 3.88. The fourth-order valence-electron chi connectivity index (χ4n) is 3.72. The Morgan fingerprint density at radius 1 is 1.15 bits per heavy atom. The minimum absolute atomic E-state index is 0.182. The Kier molecular flexibility index (Phi) is 5.15. The van der Waals surface area contributed by atoms with Crippen molar-refractivity contribution in [3.8, 4) is 0 Å². The average molecular weight is 356 g/mol. The number of aromatic nitrogens is 2. The molecule has 0 aromatic carbocycles. The van der Waals surface area contributed by atoms with Crippen molar-refractivity contribution in [2.75, 3.05) is 23.8 Å². The monoisotopic (exact) mass is 356 g/mol. The molecule has 7 heteroatoms. The normalized spacial score (nSPS) is 18.8. The number of amides is 1. The summed E-state index contributed by atoms with van der Waals surface area (Å²) in [5, 5.41) is 10.2. The largest absolute Gasteiger partial charge is 0.381 e. The quantitative estimate of drug-likeness (QED) is 0.851. The Balaban J connectivity index is 1.44. The maximum Gasteiger partial charge on any atom is 0.255 e. The molecule has 1 saturated heterocycles. The van der Waals surface area contributed by atoms with Gasteiger partial charge in [-0.1, -0.05) is 18.0 Å². The molecule has 2 N–H and O–H groups in total. The summed E-state index contributed by atoms with van der Waals surface area (Å²) in [4.78, 5) is 17.0. The standard InChI is InChI=1S/C19H24N4O3/c24-19(14-5-8-20-17(11-14)22-15-3-1-2-4-15)23-16-12-21-26-18(16)13-6-9-25-10-7-13/h5,8,11-13,15H,1-4,6-7,9-10H2,(H,20,22)(H,23,24). The number of nitrogens with zero attached hydrogens (tertiary/aromatic N) is 2. The van der Waals surface area contributed by atoms with Crippen molar-refractivity contribution < 1.29 is 14.1 Å². The molecule has 7 nitrogen and oxygen atoms in total. The van der Waals surface area contributed by atoms with Crippen LogP contribution in [-0.2, 0) is 4.74 Å². The zero-order chi connectivity index (χ0) is 17.8. The van der Waals surface area contributed by atoms with E-state index in [1.807, 2.05) is 0 Å². The molecule has 0 radical (unpaired) electrons. The van der Waals surface area contributed by atoms with Crippen LogP contribution in [0.3, 0.4) is 0 Å². The first-order chi connectivity index (χ1) is 12.8. The van der Waals surface area contributed by atoms with Crippen molar-refractivity contribution in [2.45, 2.75) is 50.5 Å². The van der Waals surface area contributed by atoms with Gasteiger partial charge in [0.15, 0.2) is 5.76 Å². The van der Waals surface area contributed by atoms with Crippen molar-refractivity contribution in [3.63, 3.8) is 0 Å². The molecule has 0 bridgehead atoms. The highest BCUT2D eigenvalue weighted by Gasteiger charge is 2.24. The van der Waals surface area contributed by atoms with Crippen LogP contribution in [0.1, 0.15) is 60.6 Å². The van der Waals surface area contributed by atoms with E-state index in [1.165, 1.54) is 12.8 Å². The van der Waals surface area contributed by atoms with Gasteiger partial charge in [0.1, 0.15) is 11.5 Å². The van der Waals surface area contributed by atoms with Gasteiger partial charge >= 0.3 is 0 Å². The van der Waals surface area contributed by atoms with E-state index >= 15 is 0 Å². The van der Waals surface area contributed by atoms with Gasteiger partial charge in [0.2, 0.25) is 0 Å². The third-order valence-electron chi connectivity index (χ3n) is 5.17. The minimum atomic E-state index is -0.182. The number of carbonyl (C=O) groups excluding carboxylic acids is 1. The molecule has 2 fully saturated rings. The molecule has 0 unspecified atom stereocenters. The number of ether oxygens (including phenoxy) is 1. The van der Waals surface area contributed by atoms with Crippen LogP contribution in [0.5, 0.6) is 0 Å². The molecule has 138 valence electrons. The summed E-state index contributed by atoms with van der Waals surface area (Å²) in [6.45, 7) is 1.42. The SMILES string of the molecule is O=C(Nc1cnoc1C1CCOCC1)c1ccnc(NC2CCCC2)c1. The summed E-state index contributed by atoms with van der Waals surface area (Å²) >= 11 is 0. The lowest BCUT2D eigenvalue weighted by Crippen LogP contribution is -2.18. The minimum Gasteiger partial charge on any atom is -0.381 e. The summed E-state index contributed by atoms with van der Waals surface area (Å²) in [5.41, 5.74) is 1.21. The molecule has 4 rings (SSSR count). The van der Waals surface area contributed by atoms with Gasteiger partial charge in [0.05, 0.1) is 6.20 Å². The molecular weight excluding hydrogens is 332 g/mol. The summed E-state index contributed by atoms with van der Waals surface area (Å²) < 4.78 is 10.8. The Morgan fingerprint density at radius 2 is 1.96 bits per heavy atom. The fraction of sp³-hybridized carbons (Fsp3) is 0.526. The van der Waals surface area contributed by atoms with Crippen molar-refractivity contribution in [1.82, 2.24) is 10.1 Å². The van der Waals surface area contributed by atoms with Crippen LogP contribution in [0.2, 0.25) is 0 Å². The number of anilines is 2. The first kappa shape index (κ1) is 17.0.